The maximum atomic E-state index is 9.13. The molecule has 2 heteroatoms. The minimum absolute atomic E-state index is 0. The van der Waals surface area contributed by atoms with Crippen molar-refractivity contribution in [3.05, 3.63) is 19.1 Å². The Labute approximate surface area is 96.4 Å². The number of rotatable bonds is 2. The van der Waals surface area contributed by atoms with Crippen molar-refractivity contribution in [2.75, 3.05) is 0 Å². The van der Waals surface area contributed by atoms with Gasteiger partial charge in [0.25, 0.3) is 0 Å². The van der Waals surface area contributed by atoms with Crippen LogP contribution in [0, 0.1) is 12.3 Å². The van der Waals surface area contributed by atoms with Crippen LogP contribution in [0.2, 0.25) is 0 Å². The van der Waals surface area contributed by atoms with Gasteiger partial charge >= 0.3 is 0 Å². The van der Waals surface area contributed by atoms with Crippen molar-refractivity contribution in [2.24, 2.45) is 5.41 Å². The van der Waals surface area contributed by atoms with Crippen LogP contribution in [-0.4, -0.2) is 11.2 Å². The molecule has 0 bridgehead atoms. The second kappa shape index (κ2) is 10.4. The SMILES string of the molecule is CC[C@@H](O)/C=C/C(C)(C)C.[CH2-]C.[Zn]. The Morgan fingerprint density at radius 3 is 1.92 bits per heavy atom. The van der Waals surface area contributed by atoms with Crippen LogP contribution in [0.25, 0.3) is 0 Å². The largest absolute Gasteiger partial charge is 0.389 e. The van der Waals surface area contributed by atoms with Crippen molar-refractivity contribution in [2.45, 2.75) is 47.1 Å². The topological polar surface area (TPSA) is 20.2 Å². The van der Waals surface area contributed by atoms with Crippen LogP contribution in [0.15, 0.2) is 12.2 Å². The fourth-order valence-corrected chi connectivity index (χ4v) is 0.536. The molecule has 0 spiro atoms. The van der Waals surface area contributed by atoms with Gasteiger partial charge in [0.15, 0.2) is 0 Å². The zero-order valence-electron chi connectivity index (χ0n) is 9.80. The molecule has 1 N–H and O–H groups in total. The Balaban J connectivity index is -0.000000309. The number of allylic oxidation sites excluding steroid dienone is 1. The van der Waals surface area contributed by atoms with Gasteiger partial charge in [-0.15, -0.1) is 0 Å². The number of hydrogen-bond acceptors (Lipinski definition) is 1. The summed E-state index contributed by atoms with van der Waals surface area (Å²) in [6.07, 6.45) is 4.44. The standard InChI is InChI=1S/C9H18O.C2H5.Zn/c1-5-8(10)6-7-9(2,3)4;1-2;/h6-8,10H,5H2,1-4H3;1H2,2H3;/q;-1;/b7-6+;;/t8-;;/m1../s1. The Bertz CT molecular complexity index is 114. The molecule has 1 nitrogen and oxygen atoms in total. The van der Waals surface area contributed by atoms with Crippen LogP contribution in [-0.2, 0) is 19.5 Å². The Hall–Kier alpha value is 0.323. The molecule has 0 aromatic rings. The van der Waals surface area contributed by atoms with Crippen LogP contribution < -0.4 is 0 Å². The van der Waals surface area contributed by atoms with Gasteiger partial charge in [-0.2, -0.15) is 6.92 Å². The van der Waals surface area contributed by atoms with Crippen LogP contribution in [0.1, 0.15) is 41.0 Å². The van der Waals surface area contributed by atoms with E-state index >= 15 is 0 Å². The molecule has 0 saturated heterocycles. The second-order valence-electron chi connectivity index (χ2n) is 3.70. The molecule has 0 aromatic heterocycles. The van der Waals surface area contributed by atoms with Crippen molar-refractivity contribution in [1.29, 1.82) is 0 Å². The average Bonchev–Trinajstić information content (AvgIpc) is 2.03. The summed E-state index contributed by atoms with van der Waals surface area (Å²) < 4.78 is 0. The first kappa shape index (κ1) is 19.0. The molecule has 0 aromatic carbocycles. The summed E-state index contributed by atoms with van der Waals surface area (Å²) in [4.78, 5) is 0. The monoisotopic (exact) mass is 235 g/mol. The van der Waals surface area contributed by atoms with Crippen LogP contribution in [0.5, 0.6) is 0 Å². The molecule has 0 heterocycles. The summed E-state index contributed by atoms with van der Waals surface area (Å²) in [6, 6.07) is 0. The smallest absolute Gasteiger partial charge is 0.0718 e. The van der Waals surface area contributed by atoms with E-state index in [0.717, 1.165) is 6.42 Å². The molecule has 1 atom stereocenters. The van der Waals surface area contributed by atoms with E-state index in [4.69, 9.17) is 5.11 Å². The van der Waals surface area contributed by atoms with E-state index in [1.54, 1.807) is 6.92 Å². The molecule has 0 rings (SSSR count). The molecule has 0 amide bonds. The fraction of sp³-hybridized carbons (Fsp3) is 0.727. The molecule has 0 saturated carbocycles. The zero-order valence-corrected chi connectivity index (χ0v) is 12.8. The molecule has 0 aliphatic carbocycles. The minimum Gasteiger partial charge on any atom is -0.389 e. The van der Waals surface area contributed by atoms with Crippen molar-refractivity contribution in [3.8, 4) is 0 Å². The molecule has 0 unspecified atom stereocenters. The van der Waals surface area contributed by atoms with Gasteiger partial charge in [-0.05, 0) is 11.8 Å². The molecule has 76 valence electrons. The van der Waals surface area contributed by atoms with Gasteiger partial charge < -0.3 is 12.0 Å². The second-order valence-corrected chi connectivity index (χ2v) is 3.70. The molecule has 0 radical (unpaired) electrons. The summed E-state index contributed by atoms with van der Waals surface area (Å²) in [5, 5.41) is 9.13. The van der Waals surface area contributed by atoms with Crippen molar-refractivity contribution >= 4 is 0 Å². The van der Waals surface area contributed by atoms with Gasteiger partial charge in [0.1, 0.15) is 0 Å². The predicted molar refractivity (Wildman–Crippen MR) is 55.9 cm³/mol. The summed E-state index contributed by atoms with van der Waals surface area (Å²) in [5.41, 5.74) is 0.191. The first-order valence-corrected chi connectivity index (χ1v) is 4.54. The third-order valence-corrected chi connectivity index (χ3v) is 1.24. The quantitative estimate of drug-likeness (QED) is 0.444. The number of hydrogen-bond donors (Lipinski definition) is 1. The van der Waals surface area contributed by atoms with Crippen molar-refractivity contribution in [1.82, 2.24) is 0 Å². The normalized spacial score (nSPS) is 12.8. The maximum Gasteiger partial charge on any atom is 0.0718 e. The van der Waals surface area contributed by atoms with E-state index in [1.807, 2.05) is 19.1 Å². The van der Waals surface area contributed by atoms with Gasteiger partial charge in [0.2, 0.25) is 0 Å². The van der Waals surface area contributed by atoms with Crippen molar-refractivity contribution < 1.29 is 24.6 Å². The fourth-order valence-electron chi connectivity index (χ4n) is 0.536. The summed E-state index contributed by atoms with van der Waals surface area (Å²) in [7, 11) is 0. The molecule has 0 aliphatic heterocycles. The number of aliphatic hydroxyl groups excluding tert-OH is 1. The van der Waals surface area contributed by atoms with E-state index in [-0.39, 0.29) is 31.0 Å². The van der Waals surface area contributed by atoms with E-state index < -0.39 is 0 Å². The molecular weight excluding hydrogens is 214 g/mol. The third-order valence-electron chi connectivity index (χ3n) is 1.24. The van der Waals surface area contributed by atoms with Crippen molar-refractivity contribution in [3.63, 3.8) is 0 Å². The van der Waals surface area contributed by atoms with E-state index in [0.29, 0.717) is 0 Å². The summed E-state index contributed by atoms with van der Waals surface area (Å²) >= 11 is 0. The van der Waals surface area contributed by atoms with E-state index in [1.165, 1.54) is 0 Å². The minimum atomic E-state index is -0.265. The van der Waals surface area contributed by atoms with Crippen LogP contribution in [0.4, 0.5) is 0 Å². The first-order valence-electron chi connectivity index (χ1n) is 4.54. The van der Waals surface area contributed by atoms with Gasteiger partial charge in [-0.3, -0.25) is 0 Å². The number of aliphatic hydroxyl groups is 1. The van der Waals surface area contributed by atoms with Crippen LogP contribution in [0.3, 0.4) is 0 Å². The molecule has 13 heavy (non-hydrogen) atoms. The van der Waals surface area contributed by atoms with E-state index in [2.05, 4.69) is 27.7 Å². The van der Waals surface area contributed by atoms with Gasteiger partial charge in [-0.25, -0.2) is 0 Å². The predicted octanol–water partition coefficient (Wildman–Crippen LogP) is 3.20. The first-order chi connectivity index (χ1) is 5.45. The van der Waals surface area contributed by atoms with Gasteiger partial charge in [0, 0.05) is 19.5 Å². The summed E-state index contributed by atoms with van der Waals surface area (Å²) in [5.74, 6) is 0. The van der Waals surface area contributed by atoms with Gasteiger partial charge in [-0.1, -0.05) is 39.8 Å². The Morgan fingerprint density at radius 2 is 1.69 bits per heavy atom. The molecule has 0 fully saturated rings. The summed E-state index contributed by atoms with van der Waals surface area (Å²) in [6.45, 7) is 13.3. The third kappa shape index (κ3) is 19.0. The average molecular weight is 237 g/mol. The van der Waals surface area contributed by atoms with Crippen LogP contribution >= 0.6 is 0 Å². The zero-order chi connectivity index (χ0) is 10.2. The maximum absolute atomic E-state index is 9.13. The van der Waals surface area contributed by atoms with Gasteiger partial charge in [0.05, 0.1) is 6.10 Å². The molecule has 0 aliphatic rings. The Kier molecular flexibility index (Phi) is 15.2. The Morgan fingerprint density at radius 1 is 1.31 bits per heavy atom. The molecular formula is C11H23OZn-. The van der Waals surface area contributed by atoms with E-state index in [9.17, 15) is 0 Å².